The summed E-state index contributed by atoms with van der Waals surface area (Å²) in [5.41, 5.74) is 0. The molecule has 2 amide bonds. The molecule has 0 aromatic carbocycles. The van der Waals surface area contributed by atoms with E-state index in [2.05, 4.69) is 10.6 Å². The van der Waals surface area contributed by atoms with Crippen molar-refractivity contribution in [3.63, 3.8) is 0 Å². The first kappa shape index (κ1) is 18.2. The molecule has 2 N–H and O–H groups in total. The van der Waals surface area contributed by atoms with Crippen LogP contribution >= 0.6 is 23.7 Å². The quantitative estimate of drug-likeness (QED) is 0.847. The van der Waals surface area contributed by atoms with E-state index in [1.165, 1.54) is 24.2 Å². The summed E-state index contributed by atoms with van der Waals surface area (Å²) in [5.74, 6) is 0.0307. The van der Waals surface area contributed by atoms with Crippen LogP contribution in [0.1, 0.15) is 41.8 Å². The minimum atomic E-state index is -0.0923. The van der Waals surface area contributed by atoms with Gasteiger partial charge in [-0.3, -0.25) is 9.59 Å². The molecule has 5 nitrogen and oxygen atoms in total. The SMILES string of the molecule is CN(C(=O)CCNC(=O)c1cccs1)C1CC2CCC(C1)N2.Cl. The molecule has 3 heterocycles. The Balaban J connectivity index is 0.00000192. The van der Waals surface area contributed by atoms with Crippen LogP contribution in [0.15, 0.2) is 17.5 Å². The molecule has 7 heteroatoms. The van der Waals surface area contributed by atoms with Gasteiger partial charge in [0.2, 0.25) is 5.91 Å². The predicted octanol–water partition coefficient (Wildman–Crippen LogP) is 2.03. The van der Waals surface area contributed by atoms with E-state index in [0.29, 0.717) is 36.0 Å². The number of hydrogen-bond donors (Lipinski definition) is 2. The largest absolute Gasteiger partial charge is 0.351 e. The van der Waals surface area contributed by atoms with E-state index in [4.69, 9.17) is 0 Å². The van der Waals surface area contributed by atoms with Crippen molar-refractivity contribution in [3.05, 3.63) is 22.4 Å². The third kappa shape index (κ3) is 4.46. The Labute approximate surface area is 147 Å². The number of hydrogen-bond acceptors (Lipinski definition) is 4. The van der Waals surface area contributed by atoms with Gasteiger partial charge in [-0.05, 0) is 37.1 Å². The lowest BCUT2D eigenvalue weighted by molar-refractivity contribution is -0.132. The average molecular weight is 358 g/mol. The molecule has 3 rings (SSSR count). The van der Waals surface area contributed by atoms with Crippen LogP contribution in [0.4, 0.5) is 0 Å². The molecule has 2 atom stereocenters. The van der Waals surface area contributed by atoms with Crippen LogP contribution in [0.5, 0.6) is 0 Å². The summed E-state index contributed by atoms with van der Waals surface area (Å²) in [6.45, 7) is 0.401. The predicted molar refractivity (Wildman–Crippen MR) is 94.3 cm³/mol. The third-order valence-electron chi connectivity index (χ3n) is 4.76. The summed E-state index contributed by atoms with van der Waals surface area (Å²) in [7, 11) is 1.90. The van der Waals surface area contributed by atoms with E-state index in [0.717, 1.165) is 12.8 Å². The van der Waals surface area contributed by atoms with Crippen molar-refractivity contribution in [2.75, 3.05) is 13.6 Å². The maximum atomic E-state index is 12.3. The summed E-state index contributed by atoms with van der Waals surface area (Å²) in [6, 6.07) is 5.15. The Morgan fingerprint density at radius 1 is 1.35 bits per heavy atom. The lowest BCUT2D eigenvalue weighted by atomic mass is 9.98. The second-order valence-electron chi connectivity index (χ2n) is 6.25. The Kier molecular flexibility index (Phi) is 6.44. The van der Waals surface area contributed by atoms with Crippen LogP contribution in [0.2, 0.25) is 0 Å². The van der Waals surface area contributed by atoms with Crippen molar-refractivity contribution >= 4 is 35.6 Å². The molecule has 2 aliphatic rings. The highest BCUT2D eigenvalue weighted by molar-refractivity contribution is 7.12. The van der Waals surface area contributed by atoms with Crippen molar-refractivity contribution in [2.24, 2.45) is 0 Å². The van der Waals surface area contributed by atoms with Gasteiger partial charge in [-0.2, -0.15) is 0 Å². The summed E-state index contributed by atoms with van der Waals surface area (Å²) < 4.78 is 0. The summed E-state index contributed by atoms with van der Waals surface area (Å²) in [5, 5.41) is 8.28. The molecule has 0 saturated carbocycles. The van der Waals surface area contributed by atoms with Crippen LogP contribution in [0.25, 0.3) is 0 Å². The second kappa shape index (κ2) is 8.13. The summed E-state index contributed by atoms with van der Waals surface area (Å²) in [4.78, 5) is 26.7. The van der Waals surface area contributed by atoms with Gasteiger partial charge in [0.1, 0.15) is 0 Å². The topological polar surface area (TPSA) is 61.4 Å². The van der Waals surface area contributed by atoms with Gasteiger partial charge in [0.15, 0.2) is 0 Å². The van der Waals surface area contributed by atoms with E-state index < -0.39 is 0 Å². The summed E-state index contributed by atoms with van der Waals surface area (Å²) in [6.07, 6.45) is 4.95. The molecule has 2 fully saturated rings. The highest BCUT2D eigenvalue weighted by Gasteiger charge is 2.36. The highest BCUT2D eigenvalue weighted by atomic mass is 35.5. The average Bonchev–Trinajstić information content (AvgIpc) is 3.16. The van der Waals surface area contributed by atoms with Gasteiger partial charge in [-0.15, -0.1) is 23.7 Å². The van der Waals surface area contributed by atoms with Crippen LogP contribution in [0, 0.1) is 0 Å². The minimum absolute atomic E-state index is 0. The van der Waals surface area contributed by atoms with Crippen LogP contribution in [-0.2, 0) is 4.79 Å². The Hall–Kier alpha value is -1.11. The molecule has 0 spiro atoms. The van der Waals surface area contributed by atoms with Gasteiger partial charge >= 0.3 is 0 Å². The van der Waals surface area contributed by atoms with Crippen molar-refractivity contribution < 1.29 is 9.59 Å². The van der Waals surface area contributed by atoms with Crippen molar-refractivity contribution in [2.45, 2.75) is 50.2 Å². The standard InChI is InChI=1S/C16H23N3O2S.ClH/c1-19(13-9-11-4-5-12(10-13)18-11)15(20)6-7-17-16(21)14-3-2-8-22-14;/h2-3,8,11-13,18H,4-7,9-10H2,1H3,(H,17,21);1H. The van der Waals surface area contributed by atoms with Gasteiger partial charge < -0.3 is 15.5 Å². The van der Waals surface area contributed by atoms with Gasteiger partial charge in [-0.25, -0.2) is 0 Å². The summed E-state index contributed by atoms with van der Waals surface area (Å²) >= 11 is 1.41. The molecule has 2 bridgehead atoms. The highest BCUT2D eigenvalue weighted by Crippen LogP contribution is 2.29. The van der Waals surface area contributed by atoms with Crippen molar-refractivity contribution in [3.8, 4) is 0 Å². The molecule has 2 aliphatic heterocycles. The molecule has 1 aromatic rings. The van der Waals surface area contributed by atoms with Crippen molar-refractivity contribution in [1.82, 2.24) is 15.5 Å². The van der Waals surface area contributed by atoms with E-state index in [1.54, 1.807) is 6.07 Å². The van der Waals surface area contributed by atoms with Crippen LogP contribution in [0.3, 0.4) is 0 Å². The fourth-order valence-electron chi connectivity index (χ4n) is 3.50. The Morgan fingerprint density at radius 3 is 2.65 bits per heavy atom. The number of rotatable bonds is 5. The van der Waals surface area contributed by atoms with Crippen LogP contribution < -0.4 is 10.6 Å². The number of halogens is 1. The number of amides is 2. The van der Waals surface area contributed by atoms with Crippen molar-refractivity contribution in [1.29, 1.82) is 0 Å². The number of piperidine rings is 1. The maximum Gasteiger partial charge on any atom is 0.261 e. The zero-order valence-electron chi connectivity index (χ0n) is 13.3. The minimum Gasteiger partial charge on any atom is -0.351 e. The number of carbonyl (C=O) groups excluding carboxylic acids is 2. The maximum absolute atomic E-state index is 12.3. The van der Waals surface area contributed by atoms with Gasteiger partial charge in [0, 0.05) is 38.1 Å². The van der Waals surface area contributed by atoms with Gasteiger partial charge in [-0.1, -0.05) is 6.07 Å². The molecular formula is C16H24ClN3O2S. The molecule has 1 aromatic heterocycles. The number of fused-ring (bicyclic) bond motifs is 2. The lowest BCUT2D eigenvalue weighted by Gasteiger charge is -2.35. The fourth-order valence-corrected chi connectivity index (χ4v) is 4.14. The fraction of sp³-hybridized carbons (Fsp3) is 0.625. The third-order valence-corrected chi connectivity index (χ3v) is 5.63. The smallest absolute Gasteiger partial charge is 0.261 e. The van der Waals surface area contributed by atoms with E-state index in [-0.39, 0.29) is 24.2 Å². The van der Waals surface area contributed by atoms with E-state index >= 15 is 0 Å². The van der Waals surface area contributed by atoms with E-state index in [1.807, 2.05) is 23.4 Å². The number of nitrogens with one attached hydrogen (secondary N) is 2. The molecule has 2 saturated heterocycles. The number of carbonyl (C=O) groups is 2. The molecular weight excluding hydrogens is 334 g/mol. The van der Waals surface area contributed by atoms with Gasteiger partial charge in [0.05, 0.1) is 4.88 Å². The second-order valence-corrected chi connectivity index (χ2v) is 7.20. The number of thiophene rings is 1. The first-order chi connectivity index (χ1) is 10.6. The van der Waals surface area contributed by atoms with Gasteiger partial charge in [0.25, 0.3) is 5.91 Å². The zero-order valence-corrected chi connectivity index (χ0v) is 14.9. The molecule has 0 aliphatic carbocycles. The molecule has 23 heavy (non-hydrogen) atoms. The zero-order chi connectivity index (χ0) is 15.5. The first-order valence-corrected chi connectivity index (χ1v) is 8.85. The van der Waals surface area contributed by atoms with Crippen LogP contribution in [-0.4, -0.2) is 48.4 Å². The molecule has 128 valence electrons. The molecule has 2 unspecified atom stereocenters. The Bertz CT molecular complexity index is 525. The normalized spacial score (nSPS) is 25.5. The number of nitrogens with zero attached hydrogens (tertiary/aromatic N) is 1. The molecule has 0 radical (unpaired) electrons. The Morgan fingerprint density at radius 2 is 2.04 bits per heavy atom. The van der Waals surface area contributed by atoms with E-state index in [9.17, 15) is 9.59 Å². The lowest BCUT2D eigenvalue weighted by Crippen LogP contribution is -2.49. The first-order valence-electron chi connectivity index (χ1n) is 7.97. The monoisotopic (exact) mass is 357 g/mol.